The summed E-state index contributed by atoms with van der Waals surface area (Å²) in [5.41, 5.74) is 5.89. The van der Waals surface area contributed by atoms with E-state index in [1.165, 1.54) is 0 Å². The highest BCUT2D eigenvalue weighted by Gasteiger charge is 2.41. The zero-order valence-corrected chi connectivity index (χ0v) is 13.3. The third-order valence-electron chi connectivity index (χ3n) is 4.33. The van der Waals surface area contributed by atoms with Gasteiger partial charge in [-0.2, -0.15) is 5.10 Å². The molecule has 2 N–H and O–H groups in total. The van der Waals surface area contributed by atoms with E-state index in [9.17, 15) is 9.90 Å². The van der Waals surface area contributed by atoms with Gasteiger partial charge in [0.1, 0.15) is 12.4 Å². The van der Waals surface area contributed by atoms with Crippen LogP contribution in [-0.4, -0.2) is 28.9 Å². The Kier molecular flexibility index (Phi) is 3.68. The first-order valence-electron chi connectivity index (χ1n) is 7.71. The van der Waals surface area contributed by atoms with E-state index in [4.69, 9.17) is 4.74 Å². The van der Waals surface area contributed by atoms with Crippen LogP contribution in [0.2, 0.25) is 0 Å². The molecular formula is C17H22N2O3. The summed E-state index contributed by atoms with van der Waals surface area (Å²) in [6, 6.07) is 4.07. The van der Waals surface area contributed by atoms with Crippen LogP contribution in [0.1, 0.15) is 42.9 Å². The number of amides is 1. The van der Waals surface area contributed by atoms with E-state index in [0.29, 0.717) is 13.0 Å². The number of carbonyl (C=O) groups is 1. The van der Waals surface area contributed by atoms with Crippen LogP contribution in [0.3, 0.4) is 0 Å². The van der Waals surface area contributed by atoms with Gasteiger partial charge in [-0.25, -0.2) is 5.43 Å². The summed E-state index contributed by atoms with van der Waals surface area (Å²) in [5.74, 6) is 0.894. The molecule has 0 spiro atoms. The lowest BCUT2D eigenvalue weighted by atomic mass is 9.92. The molecular weight excluding hydrogens is 280 g/mol. The van der Waals surface area contributed by atoms with Gasteiger partial charge >= 0.3 is 0 Å². The number of hydrogen-bond acceptors (Lipinski definition) is 4. The van der Waals surface area contributed by atoms with E-state index in [-0.39, 0.29) is 11.8 Å². The number of nitrogens with zero attached hydrogens (tertiary/aromatic N) is 1. The number of benzene rings is 1. The van der Waals surface area contributed by atoms with Crippen LogP contribution in [0.15, 0.2) is 17.2 Å². The highest BCUT2D eigenvalue weighted by atomic mass is 16.5. The molecule has 0 aromatic heterocycles. The summed E-state index contributed by atoms with van der Waals surface area (Å²) in [6.07, 6.45) is 2.09. The van der Waals surface area contributed by atoms with Crippen molar-refractivity contribution in [1.82, 2.24) is 5.43 Å². The Balaban J connectivity index is 1.84. The monoisotopic (exact) mass is 302 g/mol. The molecule has 1 amide bonds. The zero-order chi connectivity index (χ0) is 15.9. The molecule has 1 atom stereocenters. The van der Waals surface area contributed by atoms with Gasteiger partial charge in [0.15, 0.2) is 0 Å². The van der Waals surface area contributed by atoms with Crippen molar-refractivity contribution < 1.29 is 14.6 Å². The fourth-order valence-electron chi connectivity index (χ4n) is 2.82. The standard InChI is InChI=1S/C17H22N2O3/c1-10-8-14(20)18-19-15(10)13-6-11(2)16(12(3)7-13)22-9-17(21)4-5-17/h6-7,10,21H,4-5,8-9H2,1-3H3,(H,18,20). The van der Waals surface area contributed by atoms with E-state index >= 15 is 0 Å². The van der Waals surface area contributed by atoms with E-state index in [1.807, 2.05) is 32.9 Å². The van der Waals surface area contributed by atoms with E-state index in [2.05, 4.69) is 10.5 Å². The summed E-state index contributed by atoms with van der Waals surface area (Å²) in [5, 5.41) is 14.1. The first-order chi connectivity index (χ1) is 10.4. The lowest BCUT2D eigenvalue weighted by Crippen LogP contribution is -2.32. The van der Waals surface area contributed by atoms with Crippen molar-refractivity contribution in [1.29, 1.82) is 0 Å². The smallest absolute Gasteiger partial charge is 0.240 e. The fourth-order valence-corrected chi connectivity index (χ4v) is 2.82. The first-order valence-corrected chi connectivity index (χ1v) is 7.71. The number of aliphatic hydroxyl groups is 1. The predicted octanol–water partition coefficient (Wildman–Crippen LogP) is 2.07. The third-order valence-corrected chi connectivity index (χ3v) is 4.33. The normalized spacial score (nSPS) is 22.8. The quantitative estimate of drug-likeness (QED) is 0.894. The summed E-state index contributed by atoms with van der Waals surface area (Å²) in [6.45, 7) is 6.35. The second kappa shape index (κ2) is 5.39. The maximum atomic E-state index is 11.4. The van der Waals surface area contributed by atoms with Gasteiger partial charge in [-0.1, -0.05) is 6.92 Å². The van der Waals surface area contributed by atoms with Crippen LogP contribution in [0.25, 0.3) is 0 Å². The van der Waals surface area contributed by atoms with Crippen molar-refractivity contribution in [2.45, 2.75) is 45.6 Å². The lowest BCUT2D eigenvalue weighted by Gasteiger charge is -2.21. The summed E-state index contributed by atoms with van der Waals surface area (Å²) in [7, 11) is 0. The number of rotatable bonds is 4. The van der Waals surface area contributed by atoms with Crippen LogP contribution < -0.4 is 10.2 Å². The van der Waals surface area contributed by atoms with Crippen LogP contribution in [0, 0.1) is 19.8 Å². The molecule has 1 aromatic carbocycles. The third kappa shape index (κ3) is 2.99. The number of hydrazone groups is 1. The maximum absolute atomic E-state index is 11.4. The maximum Gasteiger partial charge on any atom is 0.240 e. The van der Waals surface area contributed by atoms with Gasteiger partial charge in [-0.05, 0) is 55.5 Å². The van der Waals surface area contributed by atoms with Crippen LogP contribution in [0.4, 0.5) is 0 Å². The molecule has 1 heterocycles. The van der Waals surface area contributed by atoms with Gasteiger partial charge in [0.05, 0.1) is 11.3 Å². The van der Waals surface area contributed by atoms with Gasteiger partial charge in [0.25, 0.3) is 0 Å². The van der Waals surface area contributed by atoms with Gasteiger partial charge in [-0.15, -0.1) is 0 Å². The van der Waals surface area contributed by atoms with E-state index < -0.39 is 5.60 Å². The number of carbonyl (C=O) groups excluding carboxylic acids is 1. The Morgan fingerprint density at radius 3 is 2.55 bits per heavy atom. The summed E-state index contributed by atoms with van der Waals surface area (Å²) >= 11 is 0. The Morgan fingerprint density at radius 2 is 2.00 bits per heavy atom. The molecule has 1 saturated carbocycles. The van der Waals surface area contributed by atoms with Crippen molar-refractivity contribution >= 4 is 11.6 Å². The molecule has 22 heavy (non-hydrogen) atoms. The molecule has 5 nitrogen and oxygen atoms in total. The summed E-state index contributed by atoms with van der Waals surface area (Å²) in [4.78, 5) is 11.4. The average molecular weight is 302 g/mol. The van der Waals surface area contributed by atoms with Crippen molar-refractivity contribution in [3.63, 3.8) is 0 Å². The SMILES string of the molecule is Cc1cc(C2=NNC(=O)CC2C)cc(C)c1OCC1(O)CC1. The van der Waals surface area contributed by atoms with E-state index in [0.717, 1.165) is 41.0 Å². The first kappa shape index (κ1) is 15.0. The van der Waals surface area contributed by atoms with Crippen molar-refractivity contribution in [3.8, 4) is 5.75 Å². The van der Waals surface area contributed by atoms with E-state index in [1.54, 1.807) is 0 Å². The Bertz CT molecular complexity index is 624. The number of hydrogen-bond donors (Lipinski definition) is 2. The predicted molar refractivity (Wildman–Crippen MR) is 84.1 cm³/mol. The molecule has 0 radical (unpaired) electrons. The average Bonchev–Trinajstić information content (AvgIpc) is 3.15. The molecule has 1 aliphatic carbocycles. The molecule has 1 unspecified atom stereocenters. The number of aryl methyl sites for hydroxylation is 2. The number of ether oxygens (including phenoxy) is 1. The lowest BCUT2D eigenvalue weighted by molar-refractivity contribution is -0.121. The Morgan fingerprint density at radius 1 is 1.36 bits per heavy atom. The zero-order valence-electron chi connectivity index (χ0n) is 13.3. The second-order valence-electron chi connectivity index (χ2n) is 6.59. The molecule has 2 aliphatic rings. The van der Waals surface area contributed by atoms with Crippen molar-refractivity contribution in [2.75, 3.05) is 6.61 Å². The van der Waals surface area contributed by atoms with Gasteiger partial charge in [-0.3, -0.25) is 4.79 Å². The molecule has 0 bridgehead atoms. The molecule has 118 valence electrons. The second-order valence-corrected chi connectivity index (χ2v) is 6.59. The van der Waals surface area contributed by atoms with Gasteiger partial charge in [0, 0.05) is 12.3 Å². The molecule has 1 fully saturated rings. The minimum atomic E-state index is -0.621. The molecule has 1 aliphatic heterocycles. The molecule has 1 aromatic rings. The van der Waals surface area contributed by atoms with Crippen molar-refractivity contribution in [3.05, 3.63) is 28.8 Å². The summed E-state index contributed by atoms with van der Waals surface area (Å²) < 4.78 is 5.82. The van der Waals surface area contributed by atoms with Crippen LogP contribution in [-0.2, 0) is 4.79 Å². The van der Waals surface area contributed by atoms with Gasteiger partial charge < -0.3 is 9.84 Å². The van der Waals surface area contributed by atoms with Crippen LogP contribution >= 0.6 is 0 Å². The number of nitrogens with one attached hydrogen (secondary N) is 1. The topological polar surface area (TPSA) is 70.9 Å². The molecule has 3 rings (SSSR count). The molecule has 5 heteroatoms. The van der Waals surface area contributed by atoms with Crippen LogP contribution in [0.5, 0.6) is 5.75 Å². The van der Waals surface area contributed by atoms with Gasteiger partial charge in [0.2, 0.25) is 5.91 Å². The molecule has 0 saturated heterocycles. The van der Waals surface area contributed by atoms with Crippen molar-refractivity contribution in [2.24, 2.45) is 11.0 Å². The minimum Gasteiger partial charge on any atom is -0.490 e. The Labute approximate surface area is 130 Å². The minimum absolute atomic E-state index is 0.0395. The fraction of sp³-hybridized carbons (Fsp3) is 0.529. The highest BCUT2D eigenvalue weighted by molar-refractivity contribution is 6.06. The highest BCUT2D eigenvalue weighted by Crippen LogP contribution is 2.36. The Hall–Kier alpha value is -1.88. The largest absolute Gasteiger partial charge is 0.490 e.